The zero-order chi connectivity index (χ0) is 11.6. The van der Waals surface area contributed by atoms with Crippen molar-refractivity contribution < 1.29 is 4.74 Å². The topological polar surface area (TPSA) is 9.23 Å². The van der Waals surface area contributed by atoms with E-state index in [0.29, 0.717) is 0 Å². The van der Waals surface area contributed by atoms with Crippen LogP contribution in [0.25, 0.3) is 6.08 Å². The minimum absolute atomic E-state index is 0.865. The van der Waals surface area contributed by atoms with Crippen LogP contribution in [0.15, 0.2) is 54.6 Å². The Balaban J connectivity index is 2.53. The maximum Gasteiger partial charge on any atom is 0.118 e. The first-order chi connectivity index (χ1) is 7.86. The molecule has 1 aromatic rings. The van der Waals surface area contributed by atoms with Gasteiger partial charge in [0.2, 0.25) is 0 Å². The third-order valence-electron chi connectivity index (χ3n) is 1.93. The number of benzene rings is 1. The van der Waals surface area contributed by atoms with Gasteiger partial charge in [0.1, 0.15) is 5.75 Å². The molecule has 0 aliphatic carbocycles. The predicted octanol–water partition coefficient (Wildman–Crippen LogP) is 3.45. The van der Waals surface area contributed by atoms with Crippen LogP contribution in [0, 0.1) is 12.3 Å². The Hall–Kier alpha value is -2.20. The molecule has 0 bridgehead atoms. The fraction of sp³-hybridized carbons (Fsp3) is 0.0667. The largest absolute Gasteiger partial charge is 0.497 e. The lowest BCUT2D eigenvalue weighted by Crippen LogP contribution is -1.81. The lowest BCUT2D eigenvalue weighted by molar-refractivity contribution is 0.415. The van der Waals surface area contributed by atoms with Gasteiger partial charge >= 0.3 is 0 Å². The maximum absolute atomic E-state index is 5.07. The van der Waals surface area contributed by atoms with Crippen molar-refractivity contribution in [1.82, 2.24) is 0 Å². The molecule has 0 saturated carbocycles. The van der Waals surface area contributed by atoms with E-state index < -0.39 is 0 Å². The van der Waals surface area contributed by atoms with E-state index >= 15 is 0 Å². The molecule has 0 radical (unpaired) electrons. The van der Waals surface area contributed by atoms with Gasteiger partial charge in [0.25, 0.3) is 0 Å². The summed E-state index contributed by atoms with van der Waals surface area (Å²) < 4.78 is 5.07. The number of hydrogen-bond acceptors (Lipinski definition) is 1. The van der Waals surface area contributed by atoms with Gasteiger partial charge in [-0.2, -0.15) is 0 Å². The maximum atomic E-state index is 5.07. The van der Waals surface area contributed by atoms with Gasteiger partial charge in [-0.05, 0) is 23.8 Å². The monoisotopic (exact) mass is 210 g/mol. The molecular weight excluding hydrogens is 196 g/mol. The minimum atomic E-state index is 0.865. The second-order valence-corrected chi connectivity index (χ2v) is 3.04. The van der Waals surface area contributed by atoms with Crippen LogP contribution in [0.5, 0.6) is 5.75 Å². The number of terminal acetylenes is 1. The highest BCUT2D eigenvalue weighted by molar-refractivity contribution is 5.52. The summed E-state index contributed by atoms with van der Waals surface area (Å²) in [6.45, 7) is 0. The van der Waals surface area contributed by atoms with Crippen LogP contribution >= 0.6 is 0 Å². The molecule has 0 amide bonds. The lowest BCUT2D eigenvalue weighted by Gasteiger charge is -1.98. The zero-order valence-corrected chi connectivity index (χ0v) is 9.26. The van der Waals surface area contributed by atoms with E-state index in [4.69, 9.17) is 11.2 Å². The lowest BCUT2D eigenvalue weighted by atomic mass is 10.2. The Morgan fingerprint density at radius 3 is 2.38 bits per heavy atom. The summed E-state index contributed by atoms with van der Waals surface area (Å²) in [6.07, 6.45) is 16.3. The molecule has 0 heterocycles. The number of ether oxygens (including phenoxy) is 1. The van der Waals surface area contributed by atoms with Gasteiger partial charge in [0.15, 0.2) is 0 Å². The summed E-state index contributed by atoms with van der Waals surface area (Å²) in [5, 5.41) is 0. The Labute approximate surface area is 96.8 Å². The molecule has 0 saturated heterocycles. The fourth-order valence-electron chi connectivity index (χ4n) is 1.12. The molecule has 0 spiro atoms. The van der Waals surface area contributed by atoms with Crippen molar-refractivity contribution in [3.8, 4) is 18.1 Å². The fourth-order valence-corrected chi connectivity index (χ4v) is 1.12. The Kier molecular flexibility index (Phi) is 5.30. The molecule has 80 valence electrons. The SMILES string of the molecule is C#C/C=C/C=C/C=C/c1ccc(OC)cc1. The molecule has 0 fully saturated rings. The van der Waals surface area contributed by atoms with Crippen LogP contribution in [0.2, 0.25) is 0 Å². The van der Waals surface area contributed by atoms with E-state index in [0.717, 1.165) is 11.3 Å². The highest BCUT2D eigenvalue weighted by Crippen LogP contribution is 2.12. The Morgan fingerprint density at radius 1 is 1.06 bits per heavy atom. The number of allylic oxidation sites excluding steroid dienone is 5. The normalized spacial score (nSPS) is 11.2. The summed E-state index contributed by atoms with van der Waals surface area (Å²) in [6, 6.07) is 7.87. The summed E-state index contributed by atoms with van der Waals surface area (Å²) in [7, 11) is 1.66. The van der Waals surface area contributed by atoms with E-state index in [2.05, 4.69) is 5.92 Å². The van der Waals surface area contributed by atoms with Gasteiger partial charge in [-0.1, -0.05) is 48.4 Å². The quantitative estimate of drug-likeness (QED) is 0.546. The number of hydrogen-bond donors (Lipinski definition) is 0. The Bertz CT molecular complexity index is 427. The molecule has 0 N–H and O–H groups in total. The average molecular weight is 210 g/mol. The molecule has 1 heteroatoms. The van der Waals surface area contributed by atoms with Crippen molar-refractivity contribution in [2.75, 3.05) is 7.11 Å². The standard InChI is InChI=1S/C15H14O/c1-3-4-5-6-7-8-9-14-10-12-15(16-2)13-11-14/h1,4-13H,2H3/b5-4+,7-6+,9-8+. The van der Waals surface area contributed by atoms with E-state index in [1.807, 2.05) is 54.6 Å². The molecule has 1 nitrogen and oxygen atoms in total. The van der Waals surface area contributed by atoms with Crippen molar-refractivity contribution in [3.63, 3.8) is 0 Å². The van der Waals surface area contributed by atoms with Gasteiger partial charge in [-0.3, -0.25) is 0 Å². The van der Waals surface area contributed by atoms with E-state index in [9.17, 15) is 0 Å². The zero-order valence-electron chi connectivity index (χ0n) is 9.26. The van der Waals surface area contributed by atoms with Crippen molar-refractivity contribution in [2.24, 2.45) is 0 Å². The van der Waals surface area contributed by atoms with E-state index in [1.54, 1.807) is 13.2 Å². The summed E-state index contributed by atoms with van der Waals surface area (Å²) in [4.78, 5) is 0. The van der Waals surface area contributed by atoms with Crippen molar-refractivity contribution in [2.45, 2.75) is 0 Å². The highest BCUT2D eigenvalue weighted by Gasteiger charge is 1.88. The average Bonchev–Trinajstić information content (AvgIpc) is 2.34. The van der Waals surface area contributed by atoms with Gasteiger partial charge in [0.05, 0.1) is 7.11 Å². The minimum Gasteiger partial charge on any atom is -0.497 e. The molecule has 0 atom stereocenters. The van der Waals surface area contributed by atoms with Gasteiger partial charge in [-0.25, -0.2) is 0 Å². The van der Waals surface area contributed by atoms with Crippen LogP contribution in [0.1, 0.15) is 5.56 Å². The smallest absolute Gasteiger partial charge is 0.118 e. The molecule has 0 aromatic heterocycles. The first-order valence-corrected chi connectivity index (χ1v) is 4.97. The molecule has 0 aliphatic rings. The Morgan fingerprint density at radius 2 is 1.75 bits per heavy atom. The second-order valence-electron chi connectivity index (χ2n) is 3.04. The number of rotatable bonds is 4. The van der Waals surface area contributed by atoms with E-state index in [1.165, 1.54) is 0 Å². The van der Waals surface area contributed by atoms with Crippen LogP contribution in [0.4, 0.5) is 0 Å². The first-order valence-electron chi connectivity index (χ1n) is 4.97. The second kappa shape index (κ2) is 7.14. The molecule has 0 aliphatic heterocycles. The summed E-state index contributed by atoms with van der Waals surface area (Å²) >= 11 is 0. The summed E-state index contributed by atoms with van der Waals surface area (Å²) in [5.74, 6) is 3.28. The first kappa shape index (κ1) is 11.9. The van der Waals surface area contributed by atoms with Crippen molar-refractivity contribution >= 4 is 6.08 Å². The van der Waals surface area contributed by atoms with Crippen LogP contribution < -0.4 is 4.74 Å². The molecule has 1 aromatic carbocycles. The number of methoxy groups -OCH3 is 1. The molecule has 16 heavy (non-hydrogen) atoms. The highest BCUT2D eigenvalue weighted by atomic mass is 16.5. The molecule has 1 rings (SSSR count). The van der Waals surface area contributed by atoms with Crippen molar-refractivity contribution in [1.29, 1.82) is 0 Å². The molecular formula is C15H14O. The predicted molar refractivity (Wildman–Crippen MR) is 69.1 cm³/mol. The van der Waals surface area contributed by atoms with Gasteiger partial charge in [-0.15, -0.1) is 6.42 Å². The van der Waals surface area contributed by atoms with Crippen LogP contribution in [0.3, 0.4) is 0 Å². The van der Waals surface area contributed by atoms with E-state index in [-0.39, 0.29) is 0 Å². The summed E-state index contributed by atoms with van der Waals surface area (Å²) in [5.41, 5.74) is 1.13. The molecule has 0 unspecified atom stereocenters. The third kappa shape index (κ3) is 4.34. The van der Waals surface area contributed by atoms with Crippen molar-refractivity contribution in [3.05, 3.63) is 60.2 Å². The third-order valence-corrected chi connectivity index (χ3v) is 1.93. The van der Waals surface area contributed by atoms with Gasteiger partial charge < -0.3 is 4.74 Å². The van der Waals surface area contributed by atoms with Crippen LogP contribution in [-0.4, -0.2) is 7.11 Å². The van der Waals surface area contributed by atoms with Gasteiger partial charge in [0, 0.05) is 0 Å². The van der Waals surface area contributed by atoms with Crippen LogP contribution in [-0.2, 0) is 0 Å².